The van der Waals surface area contributed by atoms with Gasteiger partial charge in [-0.3, -0.25) is 14.3 Å². The van der Waals surface area contributed by atoms with Crippen LogP contribution in [0.3, 0.4) is 0 Å². The normalized spacial score (nSPS) is 16.3. The average molecular weight is 598 g/mol. The summed E-state index contributed by atoms with van der Waals surface area (Å²) in [5.74, 6) is 0.000895. The second kappa shape index (κ2) is 11.1. The molecule has 1 atom stereocenters. The Bertz CT molecular complexity index is 1900. The number of piperazine rings is 1. The van der Waals surface area contributed by atoms with Gasteiger partial charge in [0.1, 0.15) is 11.6 Å². The molecule has 43 heavy (non-hydrogen) atoms. The molecule has 220 valence electrons. The minimum Gasteiger partial charge on any atom is -0.350 e. The Morgan fingerprint density at radius 1 is 1.21 bits per heavy atom. The molecule has 3 heterocycles. The van der Waals surface area contributed by atoms with Crippen LogP contribution in [0.5, 0.6) is 0 Å². The third-order valence-electron chi connectivity index (χ3n) is 8.43. The number of amides is 1. The number of nitrogens with zero attached hydrogens (tertiary/aromatic N) is 5. The number of aromatic nitrogens is 3. The number of hydrogen-bond donors (Lipinski definition) is 0. The lowest BCUT2D eigenvalue weighted by Gasteiger charge is -2.40. The van der Waals surface area contributed by atoms with Crippen molar-refractivity contribution in [2.24, 2.45) is 0 Å². The van der Waals surface area contributed by atoms with Crippen LogP contribution in [-0.2, 0) is 11.2 Å². The minimum absolute atomic E-state index is 0.0200. The number of hydrogen-bond acceptors (Lipinski definition) is 5. The lowest BCUT2D eigenvalue weighted by Crippen LogP contribution is -2.54. The van der Waals surface area contributed by atoms with Gasteiger partial charge in [0.05, 0.1) is 16.9 Å². The molecule has 9 heteroatoms. The second-order valence-electron chi connectivity index (χ2n) is 11.5. The van der Waals surface area contributed by atoms with Gasteiger partial charge in [-0.25, -0.2) is 9.18 Å². The van der Waals surface area contributed by atoms with Crippen molar-refractivity contribution < 1.29 is 9.18 Å². The van der Waals surface area contributed by atoms with Crippen LogP contribution in [0.1, 0.15) is 49.1 Å². The van der Waals surface area contributed by atoms with Crippen molar-refractivity contribution in [2.45, 2.75) is 46.1 Å². The van der Waals surface area contributed by atoms with E-state index in [0.717, 1.165) is 16.8 Å². The number of carbonyl (C=O) groups is 1. The molecule has 1 aliphatic heterocycles. The van der Waals surface area contributed by atoms with Crippen LogP contribution in [0.4, 0.5) is 10.2 Å². The van der Waals surface area contributed by atoms with Gasteiger partial charge in [-0.2, -0.15) is 4.98 Å². The van der Waals surface area contributed by atoms with Gasteiger partial charge in [-0.1, -0.05) is 56.3 Å². The van der Waals surface area contributed by atoms with Crippen molar-refractivity contribution in [2.75, 3.05) is 24.5 Å². The Labute approximate surface area is 254 Å². The van der Waals surface area contributed by atoms with Gasteiger partial charge in [-0.05, 0) is 61.6 Å². The summed E-state index contributed by atoms with van der Waals surface area (Å²) < 4.78 is 17.2. The molecule has 1 saturated heterocycles. The fraction of sp³-hybridized carbons (Fsp3) is 0.294. The summed E-state index contributed by atoms with van der Waals surface area (Å²) in [6, 6.07) is 8.58. The van der Waals surface area contributed by atoms with Crippen molar-refractivity contribution in [3.05, 3.63) is 99.0 Å². The largest absolute Gasteiger partial charge is 0.354 e. The van der Waals surface area contributed by atoms with Gasteiger partial charge < -0.3 is 9.80 Å². The summed E-state index contributed by atoms with van der Waals surface area (Å²) >= 11 is 7.06. The molecule has 0 saturated carbocycles. The molecule has 2 aliphatic rings. The summed E-state index contributed by atoms with van der Waals surface area (Å²) in [7, 11) is 0. The van der Waals surface area contributed by atoms with Crippen molar-refractivity contribution >= 4 is 40.3 Å². The van der Waals surface area contributed by atoms with Crippen LogP contribution in [0, 0.1) is 12.7 Å². The Balaban J connectivity index is 1.73. The number of aryl methyl sites for hydroxylation is 1. The van der Waals surface area contributed by atoms with Gasteiger partial charge in [0.25, 0.3) is 0 Å². The Morgan fingerprint density at radius 3 is 2.72 bits per heavy atom. The first-order valence-corrected chi connectivity index (χ1v) is 14.9. The maximum absolute atomic E-state index is 15.6. The molecule has 2 aromatic carbocycles. The number of pyridine rings is 1. The molecule has 0 unspecified atom stereocenters. The summed E-state index contributed by atoms with van der Waals surface area (Å²) in [5, 5.41) is 1.04. The highest BCUT2D eigenvalue weighted by molar-refractivity contribution is 6.35. The topological polar surface area (TPSA) is 71.3 Å². The molecule has 0 radical (unpaired) electrons. The number of rotatable bonds is 4. The van der Waals surface area contributed by atoms with E-state index >= 15 is 4.39 Å². The molecule has 1 fully saturated rings. The van der Waals surface area contributed by atoms with E-state index < -0.39 is 5.69 Å². The van der Waals surface area contributed by atoms with Gasteiger partial charge in [-0.15, -0.1) is 0 Å². The Kier molecular flexibility index (Phi) is 7.42. The zero-order valence-electron chi connectivity index (χ0n) is 24.7. The molecule has 1 amide bonds. The second-order valence-corrected chi connectivity index (χ2v) is 11.9. The van der Waals surface area contributed by atoms with E-state index in [9.17, 15) is 9.59 Å². The van der Waals surface area contributed by atoms with E-state index in [4.69, 9.17) is 11.6 Å². The van der Waals surface area contributed by atoms with Crippen LogP contribution in [-0.4, -0.2) is 51.0 Å². The number of fused-ring (bicyclic) bond motifs is 5. The van der Waals surface area contributed by atoms with E-state index in [-0.39, 0.29) is 23.7 Å². The maximum atomic E-state index is 15.6. The number of benzene rings is 2. The van der Waals surface area contributed by atoms with Crippen molar-refractivity contribution in [1.82, 2.24) is 19.4 Å². The zero-order chi connectivity index (χ0) is 30.6. The smallest absolute Gasteiger partial charge is 0.350 e. The van der Waals surface area contributed by atoms with Gasteiger partial charge in [0, 0.05) is 59.0 Å². The standard InChI is InChI=1S/C34H33ClFN5O2/c1-6-27(42)39-15-16-40(21(5)18-39)33-24-17-25(35)29-23(11-7-9-22-10-8-12-26(36)28(22)29)32(24)41(34(43)38-33)31-20(4)13-14-37-30(31)19(2)3/h6-8,10-14,17,19,21H,1,9,15-16,18H2,2-5H3/t21-/m0/s1. The molecule has 2 aromatic heterocycles. The third kappa shape index (κ3) is 4.74. The first kappa shape index (κ1) is 28.8. The number of anilines is 1. The predicted octanol–water partition coefficient (Wildman–Crippen LogP) is 6.46. The number of allylic oxidation sites excluding steroid dienone is 1. The van der Waals surface area contributed by atoms with Crippen LogP contribution < -0.4 is 10.6 Å². The molecule has 1 aliphatic carbocycles. The summed E-state index contributed by atoms with van der Waals surface area (Å²) in [5.41, 5.74) is 4.87. The molecule has 6 rings (SSSR count). The SMILES string of the molecule is C=CC(=O)N1CCN(c2nc(=O)n(-c3c(C)ccnc3C(C)C)c3c4c(c(Cl)cc23)-c2c(F)cccc2CC=C4)[C@@H](C)C1. The van der Waals surface area contributed by atoms with E-state index in [0.29, 0.717) is 70.2 Å². The van der Waals surface area contributed by atoms with Crippen LogP contribution in [0.25, 0.3) is 33.8 Å². The Hall–Kier alpha value is -4.30. The molecular weight excluding hydrogens is 565 g/mol. The summed E-state index contributed by atoms with van der Waals surface area (Å²) in [6.45, 7) is 13.0. The first-order valence-electron chi connectivity index (χ1n) is 14.5. The number of carbonyl (C=O) groups excluding carboxylic acids is 1. The predicted molar refractivity (Wildman–Crippen MR) is 171 cm³/mol. The monoisotopic (exact) mass is 597 g/mol. The molecule has 4 aromatic rings. The highest BCUT2D eigenvalue weighted by Gasteiger charge is 2.32. The fourth-order valence-electron chi connectivity index (χ4n) is 6.42. The van der Waals surface area contributed by atoms with E-state index in [2.05, 4.69) is 21.4 Å². The van der Waals surface area contributed by atoms with Gasteiger partial charge in [0.15, 0.2) is 0 Å². The van der Waals surface area contributed by atoms with Crippen LogP contribution >= 0.6 is 11.6 Å². The molecule has 0 spiro atoms. The molecule has 0 bridgehead atoms. The van der Waals surface area contributed by atoms with E-state index in [1.165, 1.54) is 12.1 Å². The molecule has 0 N–H and O–H groups in total. The number of halogens is 2. The van der Waals surface area contributed by atoms with Crippen molar-refractivity contribution in [1.29, 1.82) is 0 Å². The van der Waals surface area contributed by atoms with Gasteiger partial charge >= 0.3 is 5.69 Å². The van der Waals surface area contributed by atoms with Crippen molar-refractivity contribution in [3.8, 4) is 16.8 Å². The van der Waals surface area contributed by atoms with Gasteiger partial charge in [0.2, 0.25) is 5.91 Å². The lowest BCUT2D eigenvalue weighted by molar-refractivity contribution is -0.126. The average Bonchev–Trinajstić information content (AvgIpc) is 3.18. The lowest BCUT2D eigenvalue weighted by atomic mass is 9.93. The zero-order valence-corrected chi connectivity index (χ0v) is 25.5. The third-order valence-corrected chi connectivity index (χ3v) is 8.73. The molecule has 7 nitrogen and oxygen atoms in total. The highest BCUT2D eigenvalue weighted by atomic mass is 35.5. The van der Waals surface area contributed by atoms with E-state index in [1.807, 2.05) is 52.0 Å². The Morgan fingerprint density at radius 2 is 2.00 bits per heavy atom. The van der Waals surface area contributed by atoms with Crippen LogP contribution in [0.2, 0.25) is 5.02 Å². The highest BCUT2D eigenvalue weighted by Crippen LogP contribution is 2.44. The first-order chi connectivity index (χ1) is 20.6. The fourth-order valence-corrected chi connectivity index (χ4v) is 6.72. The van der Waals surface area contributed by atoms with Crippen LogP contribution in [0.15, 0.2) is 60.1 Å². The van der Waals surface area contributed by atoms with E-state index in [1.54, 1.807) is 27.8 Å². The van der Waals surface area contributed by atoms with Crippen molar-refractivity contribution in [3.63, 3.8) is 0 Å². The maximum Gasteiger partial charge on any atom is 0.354 e. The summed E-state index contributed by atoms with van der Waals surface area (Å²) in [6.07, 6.45) is 7.50. The molecular formula is C34H33ClFN5O2. The minimum atomic E-state index is -0.465. The quantitative estimate of drug-likeness (QED) is 0.252. The summed E-state index contributed by atoms with van der Waals surface area (Å²) in [4.78, 5) is 39.8.